The number of rotatable bonds is 2. The van der Waals surface area contributed by atoms with E-state index in [4.69, 9.17) is 10.8 Å². The van der Waals surface area contributed by atoms with Gasteiger partial charge in [-0.3, -0.25) is 9.59 Å². The maximum Gasteiger partial charge on any atom is 0.309 e. The number of carboxylic acid groups (broad SMARTS) is 1. The Hall–Kier alpha value is -1.10. The summed E-state index contributed by atoms with van der Waals surface area (Å²) in [6.07, 6.45) is 1.00. The Morgan fingerprint density at radius 3 is 2.20 bits per heavy atom. The molecule has 1 unspecified atom stereocenters. The van der Waals surface area contributed by atoms with Gasteiger partial charge >= 0.3 is 5.97 Å². The van der Waals surface area contributed by atoms with Crippen LogP contribution in [0.4, 0.5) is 0 Å². The highest BCUT2D eigenvalue weighted by Gasteiger charge is 2.38. The van der Waals surface area contributed by atoms with Gasteiger partial charge in [-0.2, -0.15) is 0 Å². The van der Waals surface area contributed by atoms with Gasteiger partial charge in [-0.15, -0.1) is 0 Å². The van der Waals surface area contributed by atoms with Crippen molar-refractivity contribution in [1.82, 2.24) is 4.90 Å². The van der Waals surface area contributed by atoms with Crippen LogP contribution in [0.15, 0.2) is 0 Å². The van der Waals surface area contributed by atoms with E-state index >= 15 is 0 Å². The van der Waals surface area contributed by atoms with Crippen LogP contribution in [-0.2, 0) is 9.59 Å². The SMILES string of the molecule is CC(N)C(=O)N1CCC(C)(C(=O)O)CC1. The second-order valence-electron chi connectivity index (χ2n) is 4.48. The summed E-state index contributed by atoms with van der Waals surface area (Å²) in [5.41, 5.74) is 4.80. The molecule has 0 saturated carbocycles. The van der Waals surface area contributed by atoms with E-state index in [1.165, 1.54) is 0 Å². The highest BCUT2D eigenvalue weighted by atomic mass is 16.4. The Morgan fingerprint density at radius 2 is 1.87 bits per heavy atom. The summed E-state index contributed by atoms with van der Waals surface area (Å²) >= 11 is 0. The van der Waals surface area contributed by atoms with Crippen LogP contribution in [0.1, 0.15) is 26.7 Å². The lowest BCUT2D eigenvalue weighted by atomic mass is 9.80. The summed E-state index contributed by atoms with van der Waals surface area (Å²) in [6, 6.07) is -0.501. The Bertz CT molecular complexity index is 268. The number of nitrogens with two attached hydrogens (primary N) is 1. The van der Waals surface area contributed by atoms with Crippen LogP contribution < -0.4 is 5.73 Å². The molecule has 1 fully saturated rings. The maximum absolute atomic E-state index is 11.5. The van der Waals surface area contributed by atoms with Crippen LogP contribution in [0, 0.1) is 5.41 Å². The van der Waals surface area contributed by atoms with Gasteiger partial charge < -0.3 is 15.7 Å². The fourth-order valence-electron chi connectivity index (χ4n) is 1.72. The summed E-state index contributed by atoms with van der Waals surface area (Å²) in [5.74, 6) is -0.877. The standard InChI is InChI=1S/C10H18N2O3/c1-7(11)8(13)12-5-3-10(2,4-6-12)9(14)15/h7H,3-6,11H2,1-2H3,(H,14,15). The molecule has 3 N–H and O–H groups in total. The lowest BCUT2D eigenvalue weighted by Gasteiger charge is -2.37. The van der Waals surface area contributed by atoms with Crippen molar-refractivity contribution in [2.75, 3.05) is 13.1 Å². The van der Waals surface area contributed by atoms with Crippen LogP contribution in [0.2, 0.25) is 0 Å². The van der Waals surface area contributed by atoms with E-state index in [9.17, 15) is 9.59 Å². The molecular weight excluding hydrogens is 196 g/mol. The fourth-order valence-corrected chi connectivity index (χ4v) is 1.72. The smallest absolute Gasteiger partial charge is 0.309 e. The largest absolute Gasteiger partial charge is 0.481 e. The Labute approximate surface area is 89.2 Å². The highest BCUT2D eigenvalue weighted by molar-refractivity contribution is 5.82. The van der Waals surface area contributed by atoms with Gasteiger partial charge in [0.15, 0.2) is 0 Å². The van der Waals surface area contributed by atoms with Crippen molar-refractivity contribution in [3.63, 3.8) is 0 Å². The molecule has 0 bridgehead atoms. The monoisotopic (exact) mass is 214 g/mol. The molecule has 5 nitrogen and oxygen atoms in total. The van der Waals surface area contributed by atoms with E-state index in [2.05, 4.69) is 0 Å². The van der Waals surface area contributed by atoms with Gasteiger partial charge in [0.05, 0.1) is 11.5 Å². The van der Waals surface area contributed by atoms with Crippen LogP contribution in [0.5, 0.6) is 0 Å². The van der Waals surface area contributed by atoms with Crippen LogP contribution >= 0.6 is 0 Å². The number of nitrogens with zero attached hydrogens (tertiary/aromatic N) is 1. The molecule has 15 heavy (non-hydrogen) atoms. The Balaban J connectivity index is 2.56. The predicted octanol–water partition coefficient (Wildman–Crippen LogP) is 0.0469. The minimum absolute atomic E-state index is 0.0950. The van der Waals surface area contributed by atoms with E-state index in [-0.39, 0.29) is 5.91 Å². The first-order chi connectivity index (χ1) is 6.87. The maximum atomic E-state index is 11.5. The molecule has 1 atom stereocenters. The average molecular weight is 214 g/mol. The van der Waals surface area contributed by atoms with Crippen molar-refractivity contribution in [2.24, 2.45) is 11.1 Å². The van der Waals surface area contributed by atoms with Gasteiger partial charge in [0, 0.05) is 13.1 Å². The van der Waals surface area contributed by atoms with Gasteiger partial charge in [0.1, 0.15) is 0 Å². The second-order valence-corrected chi connectivity index (χ2v) is 4.48. The van der Waals surface area contributed by atoms with E-state index in [0.29, 0.717) is 25.9 Å². The highest BCUT2D eigenvalue weighted by Crippen LogP contribution is 2.31. The number of carbonyl (C=O) groups is 2. The molecule has 0 aliphatic carbocycles. The molecule has 1 amide bonds. The van der Waals surface area contributed by atoms with E-state index < -0.39 is 17.4 Å². The zero-order chi connectivity index (χ0) is 11.6. The number of likely N-dealkylation sites (tertiary alicyclic amines) is 1. The van der Waals surface area contributed by atoms with Crippen molar-refractivity contribution in [3.8, 4) is 0 Å². The normalized spacial score (nSPS) is 22.2. The number of hydrogen-bond acceptors (Lipinski definition) is 3. The molecule has 0 spiro atoms. The number of hydrogen-bond donors (Lipinski definition) is 2. The van der Waals surface area contributed by atoms with Crippen LogP contribution in [0.3, 0.4) is 0 Å². The summed E-state index contributed by atoms with van der Waals surface area (Å²) < 4.78 is 0. The van der Waals surface area contributed by atoms with E-state index in [0.717, 1.165) is 0 Å². The van der Waals surface area contributed by atoms with E-state index in [1.807, 2.05) is 0 Å². The quantitative estimate of drug-likeness (QED) is 0.680. The number of piperidine rings is 1. The summed E-state index contributed by atoms with van der Waals surface area (Å²) in [6.45, 7) is 4.35. The Kier molecular flexibility index (Phi) is 3.34. The number of carboxylic acids is 1. The molecular formula is C10H18N2O3. The van der Waals surface area contributed by atoms with Crippen molar-refractivity contribution in [1.29, 1.82) is 0 Å². The second kappa shape index (κ2) is 4.18. The Morgan fingerprint density at radius 1 is 1.40 bits per heavy atom. The predicted molar refractivity (Wildman–Crippen MR) is 55.2 cm³/mol. The van der Waals surface area contributed by atoms with Crippen molar-refractivity contribution in [2.45, 2.75) is 32.7 Å². The molecule has 1 aliphatic rings. The fraction of sp³-hybridized carbons (Fsp3) is 0.800. The summed E-state index contributed by atoms with van der Waals surface area (Å²) in [5, 5.41) is 9.00. The third kappa shape index (κ3) is 2.47. The lowest BCUT2D eigenvalue weighted by Crippen LogP contribution is -2.49. The van der Waals surface area contributed by atoms with Gasteiger partial charge in [-0.25, -0.2) is 0 Å². The van der Waals surface area contributed by atoms with Gasteiger partial charge in [-0.1, -0.05) is 0 Å². The minimum atomic E-state index is -0.782. The zero-order valence-corrected chi connectivity index (χ0v) is 9.19. The molecule has 86 valence electrons. The molecule has 5 heteroatoms. The number of amides is 1. The van der Waals surface area contributed by atoms with Crippen LogP contribution in [-0.4, -0.2) is 41.0 Å². The first-order valence-electron chi connectivity index (χ1n) is 5.14. The molecule has 0 aromatic heterocycles. The first kappa shape index (κ1) is 12.0. The van der Waals surface area contributed by atoms with Gasteiger partial charge in [-0.05, 0) is 26.7 Å². The zero-order valence-electron chi connectivity index (χ0n) is 9.19. The topological polar surface area (TPSA) is 83.6 Å². The van der Waals surface area contributed by atoms with Gasteiger partial charge in [0.2, 0.25) is 5.91 Å². The van der Waals surface area contributed by atoms with Crippen molar-refractivity contribution in [3.05, 3.63) is 0 Å². The summed E-state index contributed by atoms with van der Waals surface area (Å²) in [7, 11) is 0. The third-order valence-electron chi connectivity index (χ3n) is 3.08. The summed E-state index contributed by atoms with van der Waals surface area (Å²) in [4.78, 5) is 24.1. The van der Waals surface area contributed by atoms with E-state index in [1.54, 1.807) is 18.7 Å². The lowest BCUT2D eigenvalue weighted by molar-refractivity contribution is -0.153. The van der Waals surface area contributed by atoms with Crippen LogP contribution in [0.25, 0.3) is 0 Å². The molecule has 1 heterocycles. The molecule has 0 aromatic carbocycles. The van der Waals surface area contributed by atoms with Crippen molar-refractivity contribution < 1.29 is 14.7 Å². The minimum Gasteiger partial charge on any atom is -0.481 e. The molecule has 1 rings (SSSR count). The molecule has 1 aliphatic heterocycles. The first-order valence-corrected chi connectivity index (χ1v) is 5.14. The average Bonchev–Trinajstić information content (AvgIpc) is 2.17. The van der Waals surface area contributed by atoms with Crippen molar-refractivity contribution >= 4 is 11.9 Å². The van der Waals surface area contributed by atoms with Gasteiger partial charge in [0.25, 0.3) is 0 Å². The molecule has 0 aromatic rings. The number of aliphatic carboxylic acids is 1. The third-order valence-corrected chi connectivity index (χ3v) is 3.08. The molecule has 0 radical (unpaired) electrons. The number of carbonyl (C=O) groups excluding carboxylic acids is 1. The molecule has 1 saturated heterocycles.